The first-order chi connectivity index (χ1) is 16.0. The number of fused-ring (bicyclic) bond motifs is 2. The second-order valence-electron chi connectivity index (χ2n) is 8.90. The fraction of sp³-hybridized carbons (Fsp3) is 0.417. The first-order valence-electron chi connectivity index (χ1n) is 11.4. The van der Waals surface area contributed by atoms with Crippen molar-refractivity contribution >= 4 is 28.6 Å². The lowest BCUT2D eigenvalue weighted by Gasteiger charge is -2.33. The Balaban J connectivity index is 1.46. The van der Waals surface area contributed by atoms with Crippen LogP contribution in [0.25, 0.3) is 10.9 Å². The zero-order valence-corrected chi connectivity index (χ0v) is 19.0. The molecule has 1 fully saturated rings. The van der Waals surface area contributed by atoms with E-state index in [1.165, 1.54) is 0 Å². The van der Waals surface area contributed by atoms with Gasteiger partial charge in [0.05, 0.1) is 18.7 Å². The highest BCUT2D eigenvalue weighted by molar-refractivity contribution is 5.98. The normalized spacial score (nSPS) is 18.3. The van der Waals surface area contributed by atoms with Crippen LogP contribution in [-0.4, -0.2) is 69.2 Å². The molecule has 1 amide bonds. The average molecular weight is 448 g/mol. The summed E-state index contributed by atoms with van der Waals surface area (Å²) in [5, 5.41) is 17.4. The number of pyridine rings is 1. The first kappa shape index (κ1) is 21.5. The third-order valence-electron chi connectivity index (χ3n) is 6.28. The summed E-state index contributed by atoms with van der Waals surface area (Å²) >= 11 is 0. The molecule has 0 aliphatic carbocycles. The van der Waals surface area contributed by atoms with E-state index in [0.29, 0.717) is 43.6 Å². The van der Waals surface area contributed by atoms with E-state index in [1.807, 2.05) is 54.1 Å². The molecule has 9 heteroatoms. The molecule has 4 heterocycles. The van der Waals surface area contributed by atoms with Crippen LogP contribution < -0.4 is 15.5 Å². The summed E-state index contributed by atoms with van der Waals surface area (Å²) in [4.78, 5) is 31.0. The Hall–Kier alpha value is -3.30. The van der Waals surface area contributed by atoms with Gasteiger partial charge in [-0.3, -0.25) is 9.78 Å². The van der Waals surface area contributed by atoms with Gasteiger partial charge >= 0.3 is 0 Å². The predicted octanol–water partition coefficient (Wildman–Crippen LogP) is 1.77. The molecule has 3 N–H and O–H groups in total. The SMILES string of the molecule is CC(C)N1Cc2c(NCc3cnc4ccccc4c3)nc(N3CCN[C@@H](CO)C3)nc2C1=O. The Bertz CT molecular complexity index is 1180. The standard InChI is InChI=1S/C24H29N7O2/c1-15(2)31-13-19-21(23(31)33)28-24(30-8-7-25-18(12-30)14-32)29-22(19)27-11-16-9-17-5-3-4-6-20(17)26-10-16/h3-6,9-10,15,18,25,32H,7-8,11-14H2,1-2H3,(H,27,28,29)/t18-/m1/s1. The molecule has 9 nitrogen and oxygen atoms in total. The van der Waals surface area contributed by atoms with Gasteiger partial charge in [0, 0.05) is 55.4 Å². The monoisotopic (exact) mass is 447 g/mol. The molecule has 5 rings (SSSR count). The van der Waals surface area contributed by atoms with E-state index < -0.39 is 0 Å². The van der Waals surface area contributed by atoms with Crippen LogP contribution in [0.2, 0.25) is 0 Å². The zero-order chi connectivity index (χ0) is 22.9. The van der Waals surface area contributed by atoms with Crippen molar-refractivity contribution in [1.82, 2.24) is 25.2 Å². The second-order valence-corrected chi connectivity index (χ2v) is 8.90. The molecule has 0 bridgehead atoms. The van der Waals surface area contributed by atoms with Crippen LogP contribution in [0, 0.1) is 0 Å². The van der Waals surface area contributed by atoms with Crippen LogP contribution in [-0.2, 0) is 13.1 Å². The Kier molecular flexibility index (Phi) is 5.82. The van der Waals surface area contributed by atoms with Crippen molar-refractivity contribution in [1.29, 1.82) is 0 Å². The van der Waals surface area contributed by atoms with Crippen LogP contribution in [0.5, 0.6) is 0 Å². The summed E-state index contributed by atoms with van der Waals surface area (Å²) in [5.41, 5.74) is 3.30. The van der Waals surface area contributed by atoms with Crippen molar-refractivity contribution in [2.45, 2.75) is 39.0 Å². The maximum atomic E-state index is 13.1. The quantitative estimate of drug-likeness (QED) is 0.525. The van der Waals surface area contributed by atoms with Gasteiger partial charge in [-0.25, -0.2) is 4.98 Å². The number of benzene rings is 1. The highest BCUT2D eigenvalue weighted by Crippen LogP contribution is 2.31. The topological polar surface area (TPSA) is 107 Å². The van der Waals surface area contributed by atoms with E-state index in [9.17, 15) is 9.90 Å². The minimum atomic E-state index is -0.0621. The van der Waals surface area contributed by atoms with Gasteiger partial charge in [-0.05, 0) is 31.5 Å². The maximum Gasteiger partial charge on any atom is 0.273 e. The number of aliphatic hydroxyl groups is 1. The number of amides is 1. The van der Waals surface area contributed by atoms with Crippen LogP contribution in [0.15, 0.2) is 36.5 Å². The number of aromatic nitrogens is 3. The molecule has 2 aromatic heterocycles. The maximum absolute atomic E-state index is 13.1. The van der Waals surface area contributed by atoms with Crippen molar-refractivity contribution in [2.75, 3.05) is 36.5 Å². The molecule has 33 heavy (non-hydrogen) atoms. The molecule has 1 aromatic carbocycles. The lowest BCUT2D eigenvalue weighted by molar-refractivity contribution is 0.0726. The largest absolute Gasteiger partial charge is 0.395 e. The molecule has 0 saturated carbocycles. The number of nitrogens with zero attached hydrogens (tertiary/aromatic N) is 5. The molecule has 0 radical (unpaired) electrons. The van der Waals surface area contributed by atoms with Gasteiger partial charge in [-0.1, -0.05) is 18.2 Å². The molecule has 172 valence electrons. The van der Waals surface area contributed by atoms with Gasteiger partial charge in [0.25, 0.3) is 5.91 Å². The number of para-hydroxylation sites is 1. The Morgan fingerprint density at radius 1 is 1.27 bits per heavy atom. The number of carbonyl (C=O) groups excluding carboxylic acids is 1. The minimum Gasteiger partial charge on any atom is -0.395 e. The number of hydrogen-bond acceptors (Lipinski definition) is 8. The van der Waals surface area contributed by atoms with Gasteiger partial charge < -0.3 is 25.5 Å². The molecular formula is C24H29N7O2. The van der Waals surface area contributed by atoms with E-state index in [-0.39, 0.29) is 24.6 Å². The van der Waals surface area contributed by atoms with Crippen LogP contribution >= 0.6 is 0 Å². The lowest BCUT2D eigenvalue weighted by Crippen LogP contribution is -2.52. The van der Waals surface area contributed by atoms with Gasteiger partial charge in [-0.2, -0.15) is 4.98 Å². The van der Waals surface area contributed by atoms with Gasteiger partial charge in [0.2, 0.25) is 5.95 Å². The van der Waals surface area contributed by atoms with Crippen molar-refractivity contribution in [3.63, 3.8) is 0 Å². The summed E-state index contributed by atoms with van der Waals surface area (Å²) < 4.78 is 0. The van der Waals surface area contributed by atoms with E-state index in [1.54, 1.807) is 0 Å². The Morgan fingerprint density at radius 3 is 2.94 bits per heavy atom. The third-order valence-corrected chi connectivity index (χ3v) is 6.28. The lowest BCUT2D eigenvalue weighted by atomic mass is 10.1. The van der Waals surface area contributed by atoms with E-state index in [2.05, 4.69) is 26.7 Å². The smallest absolute Gasteiger partial charge is 0.273 e. The van der Waals surface area contributed by atoms with Crippen molar-refractivity contribution in [3.05, 3.63) is 53.3 Å². The molecule has 1 atom stereocenters. The molecule has 2 aliphatic heterocycles. The Morgan fingerprint density at radius 2 is 2.12 bits per heavy atom. The predicted molar refractivity (Wildman–Crippen MR) is 127 cm³/mol. The number of rotatable bonds is 6. The van der Waals surface area contributed by atoms with E-state index in [4.69, 9.17) is 4.98 Å². The minimum absolute atomic E-state index is 0.0430. The number of hydrogen-bond donors (Lipinski definition) is 3. The van der Waals surface area contributed by atoms with Crippen molar-refractivity contribution in [3.8, 4) is 0 Å². The molecule has 0 unspecified atom stereocenters. The molecule has 0 spiro atoms. The first-order valence-corrected chi connectivity index (χ1v) is 11.4. The third kappa shape index (κ3) is 4.21. The summed E-state index contributed by atoms with van der Waals surface area (Å²) in [6.45, 7) is 7.12. The van der Waals surface area contributed by atoms with Gasteiger partial charge in [0.15, 0.2) is 0 Å². The number of nitrogens with one attached hydrogen (secondary N) is 2. The fourth-order valence-electron chi connectivity index (χ4n) is 4.41. The van der Waals surface area contributed by atoms with Crippen LogP contribution in [0.3, 0.4) is 0 Å². The number of piperazine rings is 1. The van der Waals surface area contributed by atoms with E-state index >= 15 is 0 Å². The van der Waals surface area contributed by atoms with Crippen molar-refractivity contribution in [2.24, 2.45) is 0 Å². The van der Waals surface area contributed by atoms with Crippen molar-refractivity contribution < 1.29 is 9.90 Å². The fourth-order valence-corrected chi connectivity index (χ4v) is 4.41. The second kappa shape index (κ2) is 8.92. The molecule has 1 saturated heterocycles. The Labute approximate surface area is 192 Å². The van der Waals surface area contributed by atoms with Gasteiger partial charge in [-0.15, -0.1) is 0 Å². The highest BCUT2D eigenvalue weighted by Gasteiger charge is 2.35. The average Bonchev–Trinajstić information content (AvgIpc) is 3.19. The molecule has 3 aromatic rings. The summed E-state index contributed by atoms with van der Waals surface area (Å²) in [6.07, 6.45) is 1.87. The van der Waals surface area contributed by atoms with Gasteiger partial charge in [0.1, 0.15) is 11.5 Å². The molecular weight excluding hydrogens is 418 g/mol. The van der Waals surface area contributed by atoms with Crippen LogP contribution in [0.1, 0.15) is 35.5 Å². The van der Waals surface area contributed by atoms with E-state index in [0.717, 1.165) is 28.6 Å². The number of aliphatic hydroxyl groups excluding tert-OH is 1. The number of carbonyl (C=O) groups is 1. The summed E-state index contributed by atoms with van der Waals surface area (Å²) in [7, 11) is 0. The zero-order valence-electron chi connectivity index (χ0n) is 19.0. The summed E-state index contributed by atoms with van der Waals surface area (Å²) in [6, 6.07) is 10.2. The summed E-state index contributed by atoms with van der Waals surface area (Å²) in [5.74, 6) is 1.14. The highest BCUT2D eigenvalue weighted by atomic mass is 16.3. The van der Waals surface area contributed by atoms with Crippen LogP contribution in [0.4, 0.5) is 11.8 Å². The molecule has 2 aliphatic rings. The number of anilines is 2.